The maximum Gasteiger partial charge on any atom is 0.0725 e. The van der Waals surface area contributed by atoms with Crippen LogP contribution in [0, 0.1) is 0 Å². The fourth-order valence-corrected chi connectivity index (χ4v) is 2.44. The van der Waals surface area contributed by atoms with Crippen LogP contribution in [-0.4, -0.2) is 10.2 Å². The van der Waals surface area contributed by atoms with E-state index in [-0.39, 0.29) is 0 Å². The zero-order valence-electron chi connectivity index (χ0n) is 9.82. The molecule has 1 aliphatic rings. The molecule has 1 heterocycles. The van der Waals surface area contributed by atoms with E-state index in [1.807, 2.05) is 12.3 Å². The highest BCUT2D eigenvalue weighted by molar-refractivity contribution is 5.78. The average Bonchev–Trinajstić information content (AvgIpc) is 2.90. The van der Waals surface area contributed by atoms with Crippen molar-refractivity contribution >= 4 is 5.57 Å². The predicted molar refractivity (Wildman–Crippen MR) is 70.5 cm³/mol. The largest absolute Gasteiger partial charge is 0.277 e. The number of allylic oxidation sites excluding steroid dienone is 2. The third kappa shape index (κ3) is 2.03. The maximum absolute atomic E-state index is 4.21. The lowest BCUT2D eigenvalue weighted by Crippen LogP contribution is -1.92. The van der Waals surface area contributed by atoms with Crippen molar-refractivity contribution in [2.24, 2.45) is 0 Å². The van der Waals surface area contributed by atoms with Crippen molar-refractivity contribution in [2.75, 3.05) is 0 Å². The molecule has 0 aliphatic heterocycles. The zero-order valence-corrected chi connectivity index (χ0v) is 9.82. The highest BCUT2D eigenvalue weighted by Gasteiger charge is 2.13. The second-order valence-corrected chi connectivity index (χ2v) is 4.50. The van der Waals surface area contributed by atoms with Gasteiger partial charge in [0.15, 0.2) is 0 Å². The van der Waals surface area contributed by atoms with Crippen LogP contribution in [0.15, 0.2) is 42.6 Å². The van der Waals surface area contributed by atoms with Crippen LogP contribution in [0.2, 0.25) is 0 Å². The normalized spacial score (nSPS) is 15.6. The number of hydrogen-bond donors (Lipinski definition) is 1. The first-order valence-corrected chi connectivity index (χ1v) is 6.23. The van der Waals surface area contributed by atoms with E-state index in [0.717, 1.165) is 5.69 Å². The van der Waals surface area contributed by atoms with E-state index in [1.54, 1.807) is 0 Å². The Balaban J connectivity index is 2.02. The summed E-state index contributed by atoms with van der Waals surface area (Å²) >= 11 is 0. The van der Waals surface area contributed by atoms with Gasteiger partial charge in [-0.05, 0) is 31.3 Å². The van der Waals surface area contributed by atoms with E-state index in [0.29, 0.717) is 0 Å². The van der Waals surface area contributed by atoms with Crippen LogP contribution in [0.4, 0.5) is 0 Å². The van der Waals surface area contributed by atoms with E-state index < -0.39 is 0 Å². The highest BCUT2D eigenvalue weighted by atomic mass is 15.1. The molecule has 0 radical (unpaired) electrons. The molecule has 0 amide bonds. The van der Waals surface area contributed by atoms with Gasteiger partial charge in [0.25, 0.3) is 0 Å². The molecular formula is C15H16N2. The number of aromatic nitrogens is 2. The number of nitrogens with one attached hydrogen (secondary N) is 1. The van der Waals surface area contributed by atoms with Crippen molar-refractivity contribution in [2.45, 2.75) is 25.7 Å². The number of H-pyrrole nitrogens is 1. The standard InChI is InChI=1S/C15H16N2/c1-3-7-12(8-4-1)14-11-16-17-15(14)13-9-5-2-6-10-13/h2,5-7,9-11H,1,3-4,8H2,(H,16,17). The molecule has 0 bridgehead atoms. The lowest BCUT2D eigenvalue weighted by molar-refractivity contribution is 0.742. The Kier molecular flexibility index (Phi) is 2.78. The first-order valence-electron chi connectivity index (χ1n) is 6.23. The van der Waals surface area contributed by atoms with Gasteiger partial charge in [0.2, 0.25) is 0 Å². The number of rotatable bonds is 2. The van der Waals surface area contributed by atoms with E-state index in [2.05, 4.69) is 40.5 Å². The van der Waals surface area contributed by atoms with Crippen molar-refractivity contribution < 1.29 is 0 Å². The van der Waals surface area contributed by atoms with Gasteiger partial charge in [-0.2, -0.15) is 5.10 Å². The van der Waals surface area contributed by atoms with Gasteiger partial charge in [-0.1, -0.05) is 36.4 Å². The van der Waals surface area contributed by atoms with Crippen LogP contribution in [0.25, 0.3) is 16.8 Å². The first kappa shape index (κ1) is 10.3. The minimum absolute atomic E-state index is 1.15. The molecule has 0 atom stereocenters. The van der Waals surface area contributed by atoms with Gasteiger partial charge in [-0.3, -0.25) is 5.10 Å². The van der Waals surface area contributed by atoms with Gasteiger partial charge in [0.05, 0.1) is 11.9 Å². The molecule has 3 rings (SSSR count). The molecule has 0 saturated carbocycles. The Morgan fingerprint density at radius 3 is 2.71 bits per heavy atom. The molecular weight excluding hydrogens is 208 g/mol. The Labute approximate surface area is 101 Å². The molecule has 2 nitrogen and oxygen atoms in total. The van der Waals surface area contributed by atoms with Gasteiger partial charge in [-0.15, -0.1) is 0 Å². The molecule has 86 valence electrons. The summed E-state index contributed by atoms with van der Waals surface area (Å²) in [5, 5.41) is 7.34. The van der Waals surface area contributed by atoms with Gasteiger partial charge in [-0.25, -0.2) is 0 Å². The predicted octanol–water partition coefficient (Wildman–Crippen LogP) is 4.03. The van der Waals surface area contributed by atoms with Crippen molar-refractivity contribution in [3.63, 3.8) is 0 Å². The van der Waals surface area contributed by atoms with E-state index in [9.17, 15) is 0 Å². The van der Waals surface area contributed by atoms with Crippen LogP contribution in [0.1, 0.15) is 31.2 Å². The van der Waals surface area contributed by atoms with Crippen LogP contribution in [-0.2, 0) is 0 Å². The summed E-state index contributed by atoms with van der Waals surface area (Å²) in [7, 11) is 0. The molecule has 2 aromatic rings. The van der Waals surface area contributed by atoms with Crippen LogP contribution in [0.3, 0.4) is 0 Å². The Morgan fingerprint density at radius 2 is 1.94 bits per heavy atom. The minimum atomic E-state index is 1.15. The van der Waals surface area contributed by atoms with Gasteiger partial charge in [0.1, 0.15) is 0 Å². The number of benzene rings is 1. The summed E-state index contributed by atoms with van der Waals surface area (Å²) in [4.78, 5) is 0. The summed E-state index contributed by atoms with van der Waals surface area (Å²) in [5.41, 5.74) is 5.09. The second kappa shape index (κ2) is 4.58. The summed E-state index contributed by atoms with van der Waals surface area (Å²) in [6, 6.07) is 10.4. The molecule has 0 spiro atoms. The molecule has 1 aliphatic carbocycles. The molecule has 1 aromatic heterocycles. The van der Waals surface area contributed by atoms with Gasteiger partial charge in [0, 0.05) is 11.1 Å². The summed E-state index contributed by atoms with van der Waals surface area (Å²) in [5.74, 6) is 0. The highest BCUT2D eigenvalue weighted by Crippen LogP contribution is 2.32. The molecule has 2 heteroatoms. The van der Waals surface area contributed by atoms with Crippen LogP contribution < -0.4 is 0 Å². The topological polar surface area (TPSA) is 28.7 Å². The first-order chi connectivity index (χ1) is 8.45. The fourth-order valence-electron chi connectivity index (χ4n) is 2.44. The fraction of sp³-hybridized carbons (Fsp3) is 0.267. The average molecular weight is 224 g/mol. The monoisotopic (exact) mass is 224 g/mol. The Hall–Kier alpha value is -1.83. The Morgan fingerprint density at radius 1 is 1.06 bits per heavy atom. The molecule has 1 aromatic carbocycles. The van der Waals surface area contributed by atoms with Crippen molar-refractivity contribution in [3.05, 3.63) is 48.2 Å². The van der Waals surface area contributed by atoms with E-state index >= 15 is 0 Å². The van der Waals surface area contributed by atoms with Crippen LogP contribution >= 0.6 is 0 Å². The summed E-state index contributed by atoms with van der Waals surface area (Å²) in [6.07, 6.45) is 9.32. The quantitative estimate of drug-likeness (QED) is 0.819. The van der Waals surface area contributed by atoms with Crippen molar-refractivity contribution in [1.29, 1.82) is 0 Å². The minimum Gasteiger partial charge on any atom is -0.277 e. The van der Waals surface area contributed by atoms with Crippen molar-refractivity contribution in [3.8, 4) is 11.3 Å². The third-order valence-electron chi connectivity index (χ3n) is 3.34. The molecule has 0 fully saturated rings. The van der Waals surface area contributed by atoms with Gasteiger partial charge >= 0.3 is 0 Å². The molecule has 0 saturated heterocycles. The lowest BCUT2D eigenvalue weighted by Gasteiger charge is -2.12. The molecule has 0 unspecified atom stereocenters. The summed E-state index contributed by atoms with van der Waals surface area (Å²) in [6.45, 7) is 0. The van der Waals surface area contributed by atoms with E-state index in [1.165, 1.54) is 42.4 Å². The number of aromatic amines is 1. The second-order valence-electron chi connectivity index (χ2n) is 4.50. The van der Waals surface area contributed by atoms with Crippen molar-refractivity contribution in [1.82, 2.24) is 10.2 Å². The number of nitrogens with zero attached hydrogens (tertiary/aromatic N) is 1. The maximum atomic E-state index is 4.21. The Bertz CT molecular complexity index is 523. The zero-order chi connectivity index (χ0) is 11.5. The number of hydrogen-bond acceptors (Lipinski definition) is 1. The third-order valence-corrected chi connectivity index (χ3v) is 3.34. The SMILES string of the molecule is C1=C(c2cn[nH]c2-c2ccccc2)CCCC1. The van der Waals surface area contributed by atoms with Gasteiger partial charge < -0.3 is 0 Å². The van der Waals surface area contributed by atoms with E-state index in [4.69, 9.17) is 0 Å². The summed E-state index contributed by atoms with van der Waals surface area (Å²) < 4.78 is 0. The smallest absolute Gasteiger partial charge is 0.0725 e. The van der Waals surface area contributed by atoms with Crippen LogP contribution in [0.5, 0.6) is 0 Å². The lowest BCUT2D eigenvalue weighted by atomic mass is 9.92. The molecule has 1 N–H and O–H groups in total. The molecule has 17 heavy (non-hydrogen) atoms.